The molecule has 0 aliphatic heterocycles. The van der Waals surface area contributed by atoms with Gasteiger partial charge in [-0.3, -0.25) is 0 Å². The van der Waals surface area contributed by atoms with E-state index in [1.165, 1.54) is 26.5 Å². The fraction of sp³-hybridized carbons (Fsp3) is 0.0769. The molecule has 0 spiro atoms. The van der Waals surface area contributed by atoms with Gasteiger partial charge in [-0.2, -0.15) is 0 Å². The van der Waals surface area contributed by atoms with Crippen LogP contribution in [0.25, 0.3) is 55.8 Å². The number of fused-ring (bicyclic) bond motifs is 1. The second-order valence-corrected chi connectivity index (χ2v) is 18.1. The maximum absolute atomic E-state index is 6.39. The fourth-order valence-electron chi connectivity index (χ4n) is 8.82. The zero-order valence-corrected chi connectivity index (χ0v) is 40.2. The van der Waals surface area contributed by atoms with Crippen molar-refractivity contribution in [1.82, 2.24) is 0 Å². The Balaban J connectivity index is 0.933. The van der Waals surface area contributed by atoms with Crippen LogP contribution < -0.4 is 20.4 Å². The van der Waals surface area contributed by atoms with Crippen molar-refractivity contribution in [2.24, 2.45) is 5.92 Å². The first-order valence-corrected chi connectivity index (χ1v) is 24.4. The lowest BCUT2D eigenvalue weighted by molar-refractivity contribution is 0.574. The molecule has 6 aromatic carbocycles. The van der Waals surface area contributed by atoms with Gasteiger partial charge in [-0.1, -0.05) is 159 Å². The Hall–Kier alpha value is -8.18. The molecule has 0 N–H and O–H groups in total. The van der Waals surface area contributed by atoms with Crippen molar-refractivity contribution in [2.75, 3.05) is 9.80 Å². The summed E-state index contributed by atoms with van der Waals surface area (Å²) in [4.78, 5) is 7.01. The molecule has 8 aromatic rings. The van der Waals surface area contributed by atoms with Crippen LogP contribution in [0.4, 0.5) is 22.7 Å². The Morgan fingerprint density at radius 1 is 0.681 bits per heavy atom. The van der Waals surface area contributed by atoms with E-state index in [1.54, 1.807) is 6.08 Å². The van der Waals surface area contributed by atoms with Crippen molar-refractivity contribution in [1.29, 1.82) is 0 Å². The second-order valence-electron chi connectivity index (χ2n) is 17.0. The van der Waals surface area contributed by atoms with Crippen LogP contribution in [0.15, 0.2) is 255 Å². The number of para-hydroxylation sites is 1. The summed E-state index contributed by atoms with van der Waals surface area (Å²) in [5, 5.41) is 2.28. The van der Waals surface area contributed by atoms with Crippen molar-refractivity contribution in [3.63, 3.8) is 0 Å². The molecule has 1 unspecified atom stereocenters. The Morgan fingerprint density at radius 3 is 2.01 bits per heavy atom. The zero-order valence-electron chi connectivity index (χ0n) is 39.3. The zero-order chi connectivity index (χ0) is 47.5. The molecule has 4 heteroatoms. The minimum atomic E-state index is 0.423. The number of hydrogen-bond donors (Lipinski definition) is 0. The highest BCUT2D eigenvalue weighted by Gasteiger charge is 2.16. The molecule has 0 fully saturated rings. The number of rotatable bonds is 16. The van der Waals surface area contributed by atoms with Crippen molar-refractivity contribution in [3.05, 3.63) is 277 Å². The number of thiophene rings is 1. The third kappa shape index (κ3) is 10.5. The van der Waals surface area contributed by atoms with E-state index in [2.05, 4.69) is 243 Å². The Kier molecular flexibility index (Phi) is 14.4. The molecule has 1 aliphatic carbocycles. The van der Waals surface area contributed by atoms with E-state index in [1.807, 2.05) is 42.6 Å². The monoisotopic (exact) mass is 912 g/mol. The maximum atomic E-state index is 6.39. The molecule has 1 atom stereocenters. The molecular weight excluding hydrogens is 857 g/mol. The van der Waals surface area contributed by atoms with Gasteiger partial charge in [0.1, 0.15) is 11.0 Å². The van der Waals surface area contributed by atoms with E-state index in [9.17, 15) is 0 Å². The van der Waals surface area contributed by atoms with Crippen molar-refractivity contribution < 1.29 is 4.42 Å². The molecule has 0 saturated carbocycles. The first kappa shape index (κ1) is 46.0. The number of furan rings is 1. The number of anilines is 4. The van der Waals surface area contributed by atoms with E-state index in [0.29, 0.717) is 5.92 Å². The largest absolute Gasteiger partial charge is 0.456 e. The lowest BCUT2D eigenvalue weighted by Crippen LogP contribution is -2.20. The van der Waals surface area contributed by atoms with Crippen LogP contribution in [0.5, 0.6) is 0 Å². The van der Waals surface area contributed by atoms with Crippen LogP contribution in [0.3, 0.4) is 0 Å². The van der Waals surface area contributed by atoms with E-state index >= 15 is 0 Å². The van der Waals surface area contributed by atoms with Crippen LogP contribution in [0.1, 0.15) is 35.8 Å². The number of aryl methyl sites for hydroxylation is 1. The molecular formula is C65H56N2OS. The molecule has 9 rings (SSSR count). The molecule has 69 heavy (non-hydrogen) atoms. The second kappa shape index (κ2) is 21.6. The summed E-state index contributed by atoms with van der Waals surface area (Å²) < 4.78 is 6.39. The van der Waals surface area contributed by atoms with Gasteiger partial charge in [0, 0.05) is 55.0 Å². The molecule has 2 aromatic heterocycles. The van der Waals surface area contributed by atoms with E-state index in [4.69, 9.17) is 4.42 Å². The minimum absolute atomic E-state index is 0.423. The summed E-state index contributed by atoms with van der Waals surface area (Å²) in [7, 11) is 0. The molecule has 1 aliphatic rings. The summed E-state index contributed by atoms with van der Waals surface area (Å²) in [5.41, 5.74) is 15.0. The van der Waals surface area contributed by atoms with Gasteiger partial charge in [0.05, 0.1) is 0 Å². The average Bonchev–Trinajstić information content (AvgIpc) is 4.05. The summed E-state index contributed by atoms with van der Waals surface area (Å²) in [6, 6.07) is 57.9. The summed E-state index contributed by atoms with van der Waals surface area (Å²) >= 11 is 1.86. The van der Waals surface area contributed by atoms with Crippen LogP contribution in [-0.4, -0.2) is 0 Å². The van der Waals surface area contributed by atoms with Crippen molar-refractivity contribution >= 4 is 68.4 Å². The molecule has 0 saturated heterocycles. The Labute approximate surface area is 411 Å². The molecule has 338 valence electrons. The Morgan fingerprint density at radius 2 is 1.35 bits per heavy atom. The van der Waals surface area contributed by atoms with E-state index in [-0.39, 0.29) is 0 Å². The van der Waals surface area contributed by atoms with Gasteiger partial charge in [-0.05, 0) is 163 Å². The van der Waals surface area contributed by atoms with E-state index in [0.717, 1.165) is 85.2 Å². The van der Waals surface area contributed by atoms with Crippen LogP contribution in [0.2, 0.25) is 0 Å². The van der Waals surface area contributed by atoms with Crippen LogP contribution in [0, 0.1) is 12.8 Å². The predicted molar refractivity (Wildman–Crippen MR) is 299 cm³/mol. The van der Waals surface area contributed by atoms with Crippen LogP contribution in [-0.2, 0) is 0 Å². The summed E-state index contributed by atoms with van der Waals surface area (Å²) in [6.07, 6.45) is 27.3. The molecule has 0 radical (unpaired) electrons. The number of allylic oxidation sites excluding steroid dienone is 11. The molecule has 3 nitrogen and oxygen atoms in total. The van der Waals surface area contributed by atoms with Gasteiger partial charge in [0.2, 0.25) is 0 Å². The highest BCUT2D eigenvalue weighted by Crippen LogP contribution is 2.37. The van der Waals surface area contributed by atoms with Crippen molar-refractivity contribution in [2.45, 2.75) is 26.7 Å². The highest BCUT2D eigenvalue weighted by molar-refractivity contribution is 7.16. The smallest absolute Gasteiger partial charge is 0.135 e. The third-order valence-electron chi connectivity index (χ3n) is 12.5. The topological polar surface area (TPSA) is 19.6 Å². The molecule has 0 amide bonds. The average molecular weight is 913 g/mol. The lowest BCUT2D eigenvalue weighted by atomic mass is 9.93. The van der Waals surface area contributed by atoms with Crippen LogP contribution >= 0.6 is 11.3 Å². The number of hydrogen-bond acceptors (Lipinski definition) is 4. The van der Waals surface area contributed by atoms with Gasteiger partial charge >= 0.3 is 0 Å². The van der Waals surface area contributed by atoms with Gasteiger partial charge in [-0.15, -0.1) is 11.3 Å². The highest BCUT2D eigenvalue weighted by atomic mass is 32.1. The summed E-state index contributed by atoms with van der Waals surface area (Å²) in [5.74, 6) is 0.423. The first-order valence-electron chi connectivity index (χ1n) is 23.5. The first-order chi connectivity index (χ1) is 33.9. The summed E-state index contributed by atoms with van der Waals surface area (Å²) in [6.45, 7) is 16.5. The van der Waals surface area contributed by atoms with E-state index < -0.39 is 0 Å². The van der Waals surface area contributed by atoms with Gasteiger partial charge in [0.15, 0.2) is 0 Å². The Bertz CT molecular complexity index is 3380. The van der Waals surface area contributed by atoms with Crippen molar-refractivity contribution in [3.8, 4) is 21.6 Å². The predicted octanol–water partition coefficient (Wildman–Crippen LogP) is 17.1. The standard InChI is InChI=1S/C65H56N2OS/c1-6-17-55(8-3)67(58-37-30-50(31-38-58)49(7-2)20-16-45-66(56-21-14-11-15-22-56)57-35-23-47(5)24-36-57)59-39-32-51(33-40-59)54-34-42-63-61(46-54)60(62(9-4)68-63)41-27-48-25-28-53(29-26-48)65-44-43-64(69-65)52-18-12-10-13-19-52/h6-25,28-46,48H,1-3,26-27H2,4-5H3/b45-16+,49-20+,55-17+,60-41-,62-9+. The minimum Gasteiger partial charge on any atom is -0.456 e. The lowest BCUT2D eigenvalue weighted by Gasteiger charge is -2.26. The normalized spacial score (nSPS) is 14.6. The SMILES string of the molecule is C=C/C=C(\C=C)N(c1ccc(/C(C=C)=C/C=C/N(c2ccccc2)c2ccc(C)cc2)cc1)c1ccc(-c2ccc3oc(=C/C)/c(=C\CC4C=CC(c5ccc(-c6ccccc6)s5)=CC4)c3c2)cc1. The maximum Gasteiger partial charge on any atom is 0.135 e. The van der Waals surface area contributed by atoms with Gasteiger partial charge in [-0.25, -0.2) is 0 Å². The van der Waals surface area contributed by atoms with Gasteiger partial charge in [0.25, 0.3) is 0 Å². The third-order valence-corrected chi connectivity index (χ3v) is 13.7. The molecule has 2 heterocycles. The van der Waals surface area contributed by atoms with Gasteiger partial charge < -0.3 is 14.2 Å². The number of nitrogens with zero attached hydrogens (tertiary/aromatic N) is 2. The molecule has 0 bridgehead atoms. The quantitative estimate of drug-likeness (QED) is 0.0901. The fourth-order valence-corrected chi connectivity index (χ4v) is 9.85. The number of benzene rings is 6.